The molecule has 0 fully saturated rings. The molecule has 0 radical (unpaired) electrons. The van der Waals surface area contributed by atoms with E-state index in [1.165, 1.54) is 0 Å². The maximum absolute atomic E-state index is 12.7. The van der Waals surface area contributed by atoms with Crippen LogP contribution in [0.25, 0.3) is 11.3 Å². The first-order valence-corrected chi connectivity index (χ1v) is 7.95. The van der Waals surface area contributed by atoms with Gasteiger partial charge < -0.3 is 9.47 Å². The molecule has 124 valence electrons. The number of carbonyl (C=O) groups is 1. The van der Waals surface area contributed by atoms with Gasteiger partial charge in [0.05, 0.1) is 23.5 Å². The van der Waals surface area contributed by atoms with Crippen LogP contribution in [-0.2, 0) is 13.6 Å². The molecule has 1 aromatic carbocycles. The largest absolute Gasteiger partial charge is 0.351 e. The third-order valence-electron chi connectivity index (χ3n) is 4.46. The van der Waals surface area contributed by atoms with Gasteiger partial charge in [-0.3, -0.25) is 9.89 Å². The Kier molecular flexibility index (Phi) is 4.25. The minimum absolute atomic E-state index is 0.0204. The molecule has 2 aromatic heterocycles. The van der Waals surface area contributed by atoms with E-state index in [0.29, 0.717) is 6.54 Å². The van der Waals surface area contributed by atoms with Crippen LogP contribution in [0.15, 0.2) is 42.5 Å². The highest BCUT2D eigenvalue weighted by atomic mass is 16.2. The van der Waals surface area contributed by atoms with Gasteiger partial charge in [0.25, 0.3) is 5.91 Å². The van der Waals surface area contributed by atoms with Crippen LogP contribution in [0.4, 0.5) is 0 Å². The van der Waals surface area contributed by atoms with E-state index in [0.717, 1.165) is 33.9 Å². The number of rotatable bonds is 4. The third kappa shape index (κ3) is 2.97. The van der Waals surface area contributed by atoms with Crippen molar-refractivity contribution in [3.63, 3.8) is 0 Å². The summed E-state index contributed by atoms with van der Waals surface area (Å²) in [5, 5.41) is 7.36. The van der Waals surface area contributed by atoms with E-state index >= 15 is 0 Å². The maximum Gasteiger partial charge on any atom is 0.255 e. The molecule has 0 aliphatic heterocycles. The molecule has 2 heterocycles. The second kappa shape index (κ2) is 6.35. The molecule has 0 atom stereocenters. The van der Waals surface area contributed by atoms with E-state index in [4.69, 9.17) is 0 Å². The number of H-pyrrole nitrogens is 1. The molecule has 3 rings (SSSR count). The molecule has 1 N–H and O–H groups in total. The number of amides is 1. The molecule has 24 heavy (non-hydrogen) atoms. The smallest absolute Gasteiger partial charge is 0.255 e. The van der Waals surface area contributed by atoms with E-state index in [1.54, 1.807) is 4.90 Å². The fourth-order valence-electron chi connectivity index (χ4n) is 2.80. The Bertz CT molecular complexity index is 861. The first-order valence-electron chi connectivity index (χ1n) is 7.95. The standard InChI is InChI=1S/C19H22N4O/c1-13-10-17(14(2)23(13)4)19(24)22(3)12-16-11-18(21-20-16)15-8-6-5-7-9-15/h5-11H,12H2,1-4H3,(H,20,21). The van der Waals surface area contributed by atoms with Gasteiger partial charge >= 0.3 is 0 Å². The first kappa shape index (κ1) is 16.1. The predicted octanol–water partition coefficient (Wildman–Crippen LogP) is 3.30. The SMILES string of the molecule is Cc1cc(C(=O)N(C)Cc2cc(-c3ccccc3)n[nH]2)c(C)n1C. The van der Waals surface area contributed by atoms with Crippen LogP contribution < -0.4 is 0 Å². The summed E-state index contributed by atoms with van der Waals surface area (Å²) >= 11 is 0. The van der Waals surface area contributed by atoms with Crippen molar-refractivity contribution in [2.45, 2.75) is 20.4 Å². The zero-order valence-electron chi connectivity index (χ0n) is 14.5. The Hall–Kier alpha value is -2.82. The summed E-state index contributed by atoms with van der Waals surface area (Å²) in [5.41, 5.74) is 5.67. The molecule has 3 aromatic rings. The molecular weight excluding hydrogens is 300 g/mol. The molecule has 5 nitrogen and oxygen atoms in total. The Morgan fingerprint density at radius 3 is 2.54 bits per heavy atom. The monoisotopic (exact) mass is 322 g/mol. The molecular formula is C19H22N4O. The number of aromatic amines is 1. The Morgan fingerprint density at radius 1 is 1.21 bits per heavy atom. The molecule has 1 amide bonds. The lowest BCUT2D eigenvalue weighted by molar-refractivity contribution is 0.0782. The van der Waals surface area contributed by atoms with Crippen molar-refractivity contribution >= 4 is 5.91 Å². The van der Waals surface area contributed by atoms with Crippen LogP contribution in [0.3, 0.4) is 0 Å². The Labute approximate surface area is 141 Å². The van der Waals surface area contributed by atoms with Gasteiger partial charge in [-0.2, -0.15) is 5.10 Å². The highest BCUT2D eigenvalue weighted by molar-refractivity contribution is 5.95. The van der Waals surface area contributed by atoms with Crippen molar-refractivity contribution in [3.8, 4) is 11.3 Å². The van der Waals surface area contributed by atoms with Crippen molar-refractivity contribution in [1.82, 2.24) is 19.7 Å². The zero-order chi connectivity index (χ0) is 17.3. The van der Waals surface area contributed by atoms with E-state index < -0.39 is 0 Å². The van der Waals surface area contributed by atoms with Crippen molar-refractivity contribution in [2.75, 3.05) is 7.05 Å². The summed E-state index contributed by atoms with van der Waals surface area (Å²) in [4.78, 5) is 14.4. The Morgan fingerprint density at radius 2 is 1.92 bits per heavy atom. The number of hydrogen-bond donors (Lipinski definition) is 1. The zero-order valence-corrected chi connectivity index (χ0v) is 14.5. The van der Waals surface area contributed by atoms with Crippen molar-refractivity contribution in [2.24, 2.45) is 7.05 Å². The summed E-state index contributed by atoms with van der Waals surface area (Å²) in [6, 6.07) is 13.9. The number of nitrogens with one attached hydrogen (secondary N) is 1. The number of aromatic nitrogens is 3. The van der Waals surface area contributed by atoms with Crippen LogP contribution >= 0.6 is 0 Å². The summed E-state index contributed by atoms with van der Waals surface area (Å²) in [6.07, 6.45) is 0. The lowest BCUT2D eigenvalue weighted by Crippen LogP contribution is -2.26. The Balaban J connectivity index is 1.75. The third-order valence-corrected chi connectivity index (χ3v) is 4.46. The molecule has 0 unspecified atom stereocenters. The second-order valence-corrected chi connectivity index (χ2v) is 6.15. The highest BCUT2D eigenvalue weighted by Gasteiger charge is 2.18. The predicted molar refractivity (Wildman–Crippen MR) is 94.7 cm³/mol. The van der Waals surface area contributed by atoms with E-state index in [2.05, 4.69) is 10.2 Å². The van der Waals surface area contributed by atoms with Gasteiger partial charge in [0.2, 0.25) is 0 Å². The van der Waals surface area contributed by atoms with Crippen LogP contribution in [0.5, 0.6) is 0 Å². The van der Waals surface area contributed by atoms with Gasteiger partial charge in [-0.05, 0) is 26.0 Å². The van der Waals surface area contributed by atoms with E-state index in [1.807, 2.05) is 75.0 Å². The summed E-state index contributed by atoms with van der Waals surface area (Å²) < 4.78 is 2.03. The molecule has 0 bridgehead atoms. The minimum atomic E-state index is 0.0204. The van der Waals surface area contributed by atoms with E-state index in [9.17, 15) is 4.79 Å². The number of aryl methyl sites for hydroxylation is 1. The quantitative estimate of drug-likeness (QED) is 0.801. The summed E-state index contributed by atoms with van der Waals surface area (Å²) in [7, 11) is 3.79. The highest BCUT2D eigenvalue weighted by Crippen LogP contribution is 2.19. The molecule has 0 aliphatic rings. The van der Waals surface area contributed by atoms with Crippen LogP contribution in [0.1, 0.15) is 27.4 Å². The van der Waals surface area contributed by atoms with Crippen molar-refractivity contribution in [3.05, 3.63) is 65.1 Å². The van der Waals surface area contributed by atoms with E-state index in [-0.39, 0.29) is 5.91 Å². The average Bonchev–Trinajstić information content (AvgIpc) is 3.15. The van der Waals surface area contributed by atoms with Gasteiger partial charge in [-0.1, -0.05) is 30.3 Å². The fraction of sp³-hybridized carbons (Fsp3) is 0.263. The molecule has 5 heteroatoms. The van der Waals surface area contributed by atoms with Crippen LogP contribution in [0, 0.1) is 13.8 Å². The maximum atomic E-state index is 12.7. The fourth-order valence-corrected chi connectivity index (χ4v) is 2.80. The molecule has 0 aliphatic carbocycles. The topological polar surface area (TPSA) is 53.9 Å². The number of benzene rings is 1. The second-order valence-electron chi connectivity index (χ2n) is 6.15. The summed E-state index contributed by atoms with van der Waals surface area (Å²) in [6.45, 7) is 4.47. The molecule has 0 saturated carbocycles. The van der Waals surface area contributed by atoms with Gasteiger partial charge in [0.1, 0.15) is 0 Å². The van der Waals surface area contributed by atoms with Gasteiger partial charge in [0, 0.05) is 31.0 Å². The number of nitrogens with zero attached hydrogens (tertiary/aromatic N) is 3. The number of hydrogen-bond acceptors (Lipinski definition) is 2. The van der Waals surface area contributed by atoms with Crippen LogP contribution in [-0.4, -0.2) is 32.6 Å². The van der Waals surface area contributed by atoms with Gasteiger partial charge in [-0.15, -0.1) is 0 Å². The average molecular weight is 322 g/mol. The van der Waals surface area contributed by atoms with Crippen molar-refractivity contribution < 1.29 is 4.79 Å². The lowest BCUT2D eigenvalue weighted by Gasteiger charge is -2.16. The molecule has 0 spiro atoms. The minimum Gasteiger partial charge on any atom is -0.351 e. The molecule has 0 saturated heterocycles. The summed E-state index contributed by atoms with van der Waals surface area (Å²) in [5.74, 6) is 0.0204. The number of carbonyl (C=O) groups excluding carboxylic acids is 1. The van der Waals surface area contributed by atoms with Crippen molar-refractivity contribution in [1.29, 1.82) is 0 Å². The van der Waals surface area contributed by atoms with Crippen LogP contribution in [0.2, 0.25) is 0 Å². The van der Waals surface area contributed by atoms with Gasteiger partial charge in [-0.25, -0.2) is 0 Å². The lowest BCUT2D eigenvalue weighted by atomic mass is 10.1. The normalized spacial score (nSPS) is 10.8. The first-order chi connectivity index (χ1) is 11.5. The van der Waals surface area contributed by atoms with Gasteiger partial charge in [0.15, 0.2) is 0 Å².